The summed E-state index contributed by atoms with van der Waals surface area (Å²) < 4.78 is 0. The summed E-state index contributed by atoms with van der Waals surface area (Å²) in [4.78, 5) is 4.18. The number of allylic oxidation sites excluding steroid dienone is 11. The summed E-state index contributed by atoms with van der Waals surface area (Å²) in [7, 11) is 0. The number of fused-ring (bicyclic) bond motifs is 3. The fraction of sp³-hybridized carbons (Fsp3) is 0.0714. The van der Waals surface area contributed by atoms with Crippen molar-refractivity contribution >= 4 is 6.21 Å². The lowest BCUT2D eigenvalue weighted by atomic mass is 10.0. The van der Waals surface area contributed by atoms with Crippen molar-refractivity contribution in [2.24, 2.45) is 4.99 Å². The third-order valence-corrected chi connectivity index (χ3v) is 2.69. The van der Waals surface area contributed by atoms with Crippen molar-refractivity contribution in [2.45, 2.75) is 6.42 Å². The Morgan fingerprint density at radius 1 is 0.933 bits per heavy atom. The molecule has 0 saturated heterocycles. The second-order valence-electron chi connectivity index (χ2n) is 3.84. The molecule has 0 aromatic rings. The van der Waals surface area contributed by atoms with Crippen LogP contribution in [-0.2, 0) is 0 Å². The zero-order valence-electron chi connectivity index (χ0n) is 8.35. The van der Waals surface area contributed by atoms with Crippen molar-refractivity contribution in [3.8, 4) is 0 Å². The second kappa shape index (κ2) is 3.35. The molecular formula is C14H11N. The summed E-state index contributed by atoms with van der Waals surface area (Å²) in [6, 6.07) is 0. The third-order valence-electron chi connectivity index (χ3n) is 2.69. The molecule has 0 atom stereocenters. The number of rotatable bonds is 0. The lowest BCUT2D eigenvalue weighted by Crippen LogP contribution is -1.83. The summed E-state index contributed by atoms with van der Waals surface area (Å²) in [6.45, 7) is 0. The quantitative estimate of drug-likeness (QED) is 0.560. The molecule has 0 radical (unpaired) electrons. The van der Waals surface area contributed by atoms with Crippen LogP contribution in [0.15, 0.2) is 76.0 Å². The van der Waals surface area contributed by atoms with Crippen LogP contribution < -0.4 is 0 Å². The first-order chi connectivity index (χ1) is 7.42. The minimum Gasteiger partial charge on any atom is -0.263 e. The van der Waals surface area contributed by atoms with Gasteiger partial charge in [0, 0.05) is 23.6 Å². The first-order valence-corrected chi connectivity index (χ1v) is 5.12. The van der Waals surface area contributed by atoms with Gasteiger partial charge in [-0.05, 0) is 29.7 Å². The van der Waals surface area contributed by atoms with E-state index < -0.39 is 0 Å². The minimum absolute atomic E-state index is 1.01. The molecule has 0 unspecified atom stereocenters. The fourth-order valence-electron chi connectivity index (χ4n) is 1.96. The molecule has 0 fully saturated rings. The Kier molecular flexibility index (Phi) is 1.88. The fourth-order valence-corrected chi connectivity index (χ4v) is 1.96. The highest BCUT2D eigenvalue weighted by atomic mass is 14.7. The number of nitrogens with zero attached hydrogens (tertiary/aromatic N) is 1. The van der Waals surface area contributed by atoms with Crippen LogP contribution in [0.1, 0.15) is 6.42 Å². The van der Waals surface area contributed by atoms with Crippen molar-refractivity contribution in [3.05, 3.63) is 71.0 Å². The Morgan fingerprint density at radius 3 is 2.93 bits per heavy atom. The molecule has 1 heterocycles. The maximum atomic E-state index is 4.18. The van der Waals surface area contributed by atoms with Gasteiger partial charge in [0.25, 0.3) is 0 Å². The van der Waals surface area contributed by atoms with Crippen LogP contribution in [0.5, 0.6) is 0 Å². The van der Waals surface area contributed by atoms with Gasteiger partial charge >= 0.3 is 0 Å². The first kappa shape index (κ1) is 8.42. The van der Waals surface area contributed by atoms with E-state index in [1.165, 1.54) is 22.3 Å². The molecule has 3 rings (SSSR count). The average Bonchev–Trinajstić information content (AvgIpc) is 2.53. The van der Waals surface area contributed by atoms with Crippen molar-refractivity contribution in [2.75, 3.05) is 0 Å². The highest BCUT2D eigenvalue weighted by Crippen LogP contribution is 2.28. The van der Waals surface area contributed by atoms with E-state index in [-0.39, 0.29) is 0 Å². The van der Waals surface area contributed by atoms with Gasteiger partial charge < -0.3 is 0 Å². The van der Waals surface area contributed by atoms with E-state index >= 15 is 0 Å². The normalized spacial score (nSPS) is 21.9. The Labute approximate surface area is 89.2 Å². The Balaban J connectivity index is 2.18. The second-order valence-corrected chi connectivity index (χ2v) is 3.84. The maximum Gasteiger partial charge on any atom is 0.0347 e. The smallest absolute Gasteiger partial charge is 0.0347 e. The van der Waals surface area contributed by atoms with Crippen molar-refractivity contribution < 1.29 is 0 Å². The van der Waals surface area contributed by atoms with Crippen LogP contribution in [0.3, 0.4) is 0 Å². The topological polar surface area (TPSA) is 12.4 Å². The molecule has 2 aliphatic carbocycles. The number of hydrogen-bond donors (Lipinski definition) is 0. The molecule has 0 amide bonds. The molecule has 3 aliphatic rings. The molecule has 72 valence electrons. The van der Waals surface area contributed by atoms with E-state index in [9.17, 15) is 0 Å². The van der Waals surface area contributed by atoms with Gasteiger partial charge in [0.05, 0.1) is 0 Å². The third kappa shape index (κ3) is 1.57. The SMILES string of the molecule is C1=CC=C2C=C3C=NC=C3C=C(C=C1)C2. The predicted molar refractivity (Wildman–Crippen MR) is 63.7 cm³/mol. The minimum atomic E-state index is 1.01. The monoisotopic (exact) mass is 193 g/mol. The van der Waals surface area contributed by atoms with Crippen molar-refractivity contribution in [1.82, 2.24) is 0 Å². The zero-order chi connectivity index (χ0) is 10.1. The van der Waals surface area contributed by atoms with Crippen LogP contribution in [0.25, 0.3) is 0 Å². The molecule has 0 aromatic heterocycles. The Bertz CT molecular complexity index is 505. The summed E-state index contributed by atoms with van der Waals surface area (Å²) >= 11 is 0. The van der Waals surface area contributed by atoms with Crippen LogP contribution in [0, 0.1) is 0 Å². The maximum absolute atomic E-state index is 4.18. The molecule has 0 saturated carbocycles. The largest absolute Gasteiger partial charge is 0.263 e. The van der Waals surface area contributed by atoms with Gasteiger partial charge in [-0.25, -0.2) is 0 Å². The van der Waals surface area contributed by atoms with E-state index in [1.807, 2.05) is 12.4 Å². The molecular weight excluding hydrogens is 182 g/mol. The lowest BCUT2D eigenvalue weighted by molar-refractivity contribution is 1.21. The van der Waals surface area contributed by atoms with Gasteiger partial charge in [-0.1, -0.05) is 30.4 Å². The van der Waals surface area contributed by atoms with Crippen LogP contribution in [0.2, 0.25) is 0 Å². The lowest BCUT2D eigenvalue weighted by Gasteiger charge is -2.02. The van der Waals surface area contributed by atoms with Gasteiger partial charge in [0.2, 0.25) is 0 Å². The summed E-state index contributed by atoms with van der Waals surface area (Å²) in [5, 5.41) is 0. The molecule has 1 nitrogen and oxygen atoms in total. The van der Waals surface area contributed by atoms with Crippen molar-refractivity contribution in [1.29, 1.82) is 0 Å². The molecule has 1 aliphatic heterocycles. The Morgan fingerprint density at radius 2 is 1.93 bits per heavy atom. The summed E-state index contributed by atoms with van der Waals surface area (Å²) in [5.74, 6) is 0. The highest BCUT2D eigenvalue weighted by Gasteiger charge is 2.12. The van der Waals surface area contributed by atoms with Gasteiger partial charge in [0.1, 0.15) is 0 Å². The van der Waals surface area contributed by atoms with E-state index in [4.69, 9.17) is 0 Å². The van der Waals surface area contributed by atoms with Crippen molar-refractivity contribution in [3.63, 3.8) is 0 Å². The van der Waals surface area contributed by atoms with Gasteiger partial charge in [-0.15, -0.1) is 0 Å². The van der Waals surface area contributed by atoms with Crippen LogP contribution in [-0.4, -0.2) is 6.21 Å². The highest BCUT2D eigenvalue weighted by molar-refractivity contribution is 5.90. The molecule has 0 spiro atoms. The van der Waals surface area contributed by atoms with E-state index in [0.29, 0.717) is 0 Å². The van der Waals surface area contributed by atoms with Gasteiger partial charge in [0.15, 0.2) is 0 Å². The molecule has 0 N–H and O–H groups in total. The van der Waals surface area contributed by atoms with Gasteiger partial charge in [-0.3, -0.25) is 4.99 Å². The number of hydrogen-bond acceptors (Lipinski definition) is 1. The zero-order valence-corrected chi connectivity index (χ0v) is 8.35. The van der Waals surface area contributed by atoms with Crippen LogP contribution in [0.4, 0.5) is 0 Å². The number of aliphatic imine (C=N–C) groups is 1. The molecule has 1 heteroatoms. The molecule has 15 heavy (non-hydrogen) atoms. The average molecular weight is 193 g/mol. The predicted octanol–water partition coefficient (Wildman–Crippen LogP) is 3.26. The standard InChI is InChI=1S/C14H11N/c1-2-4-11-6-12(5-3-1)8-14-10-15-9-13(14)7-11/h1-5,7-10H,6H2. The summed E-state index contributed by atoms with van der Waals surface area (Å²) in [5.41, 5.74) is 5.13. The van der Waals surface area contributed by atoms with E-state index in [1.54, 1.807) is 0 Å². The van der Waals surface area contributed by atoms with Gasteiger partial charge in [-0.2, -0.15) is 0 Å². The molecule has 2 bridgehead atoms. The van der Waals surface area contributed by atoms with Crippen LogP contribution >= 0.6 is 0 Å². The van der Waals surface area contributed by atoms with E-state index in [2.05, 4.69) is 47.5 Å². The first-order valence-electron chi connectivity index (χ1n) is 5.12. The Hall–Kier alpha value is -1.89. The van der Waals surface area contributed by atoms with E-state index in [0.717, 1.165) is 6.42 Å². The molecule has 0 aromatic carbocycles. The summed E-state index contributed by atoms with van der Waals surface area (Å²) in [6.07, 6.45) is 19.9.